The van der Waals surface area contributed by atoms with Crippen molar-refractivity contribution in [1.29, 1.82) is 0 Å². The van der Waals surface area contributed by atoms with Crippen molar-refractivity contribution in [1.82, 2.24) is 15.3 Å². The highest BCUT2D eigenvalue weighted by Crippen LogP contribution is 2.26. The minimum absolute atomic E-state index is 0.452. The highest BCUT2D eigenvalue weighted by atomic mass is 14.9. The fourth-order valence-corrected chi connectivity index (χ4v) is 2.40. The van der Waals surface area contributed by atoms with Gasteiger partial charge in [0.05, 0.1) is 0 Å². The highest BCUT2D eigenvalue weighted by Gasteiger charge is 2.18. The lowest BCUT2D eigenvalue weighted by atomic mass is 10.1. The Bertz CT molecular complexity index is 349. The highest BCUT2D eigenvalue weighted by molar-refractivity contribution is 5.23. The van der Waals surface area contributed by atoms with Crippen molar-refractivity contribution in [3.8, 4) is 0 Å². The van der Waals surface area contributed by atoms with E-state index in [1.807, 2.05) is 13.2 Å². The minimum Gasteiger partial charge on any atom is -0.313 e. The van der Waals surface area contributed by atoms with E-state index in [0.29, 0.717) is 6.04 Å². The molecule has 1 aliphatic carbocycles. The monoisotopic (exact) mass is 219 g/mol. The molecular formula is C13H21N3. The fraction of sp³-hybridized carbons (Fsp3) is 0.692. The summed E-state index contributed by atoms with van der Waals surface area (Å²) in [5, 5.41) is 3.37. The molecule has 0 bridgehead atoms. The zero-order chi connectivity index (χ0) is 11.4. The van der Waals surface area contributed by atoms with Gasteiger partial charge in [-0.3, -0.25) is 0 Å². The number of rotatable bonds is 3. The van der Waals surface area contributed by atoms with Gasteiger partial charge in [0.2, 0.25) is 0 Å². The molecule has 0 aromatic carbocycles. The van der Waals surface area contributed by atoms with Crippen molar-refractivity contribution < 1.29 is 0 Å². The molecule has 1 N–H and O–H groups in total. The summed E-state index contributed by atoms with van der Waals surface area (Å²) in [6, 6.07) is 0.452. The number of nitrogens with one attached hydrogen (secondary N) is 1. The summed E-state index contributed by atoms with van der Waals surface area (Å²) in [5.41, 5.74) is 2.59. The zero-order valence-corrected chi connectivity index (χ0v) is 10.3. The summed E-state index contributed by atoms with van der Waals surface area (Å²) in [4.78, 5) is 9.18. The van der Waals surface area contributed by atoms with E-state index in [1.165, 1.54) is 30.5 Å². The van der Waals surface area contributed by atoms with Gasteiger partial charge in [0, 0.05) is 29.9 Å². The molecule has 0 fully saturated rings. The fourth-order valence-electron chi connectivity index (χ4n) is 2.40. The van der Waals surface area contributed by atoms with Crippen LogP contribution < -0.4 is 5.32 Å². The predicted molar refractivity (Wildman–Crippen MR) is 65.4 cm³/mol. The third-order valence-corrected chi connectivity index (χ3v) is 3.30. The lowest BCUT2D eigenvalue weighted by Gasteiger charge is -2.16. The molecule has 1 aromatic heterocycles. The van der Waals surface area contributed by atoms with Crippen LogP contribution in [-0.2, 0) is 12.8 Å². The maximum atomic E-state index is 4.71. The van der Waals surface area contributed by atoms with Crippen molar-refractivity contribution in [3.05, 3.63) is 23.3 Å². The van der Waals surface area contributed by atoms with Crippen LogP contribution in [0.15, 0.2) is 6.20 Å². The molecule has 1 aliphatic rings. The van der Waals surface area contributed by atoms with Gasteiger partial charge in [-0.05, 0) is 32.7 Å². The van der Waals surface area contributed by atoms with Gasteiger partial charge in [-0.2, -0.15) is 0 Å². The van der Waals surface area contributed by atoms with E-state index in [0.717, 1.165) is 25.1 Å². The van der Waals surface area contributed by atoms with Gasteiger partial charge in [-0.25, -0.2) is 9.97 Å². The van der Waals surface area contributed by atoms with E-state index < -0.39 is 0 Å². The van der Waals surface area contributed by atoms with Crippen molar-refractivity contribution in [2.45, 2.75) is 51.5 Å². The molecular weight excluding hydrogens is 198 g/mol. The third kappa shape index (κ3) is 2.40. The molecule has 1 aromatic rings. The molecule has 3 heteroatoms. The average Bonchev–Trinajstić information content (AvgIpc) is 2.50. The maximum Gasteiger partial charge on any atom is 0.128 e. The lowest BCUT2D eigenvalue weighted by molar-refractivity contribution is 0.531. The van der Waals surface area contributed by atoms with Gasteiger partial charge < -0.3 is 5.32 Å². The van der Waals surface area contributed by atoms with Crippen LogP contribution in [0, 0.1) is 0 Å². The van der Waals surface area contributed by atoms with Gasteiger partial charge in [0.15, 0.2) is 0 Å². The summed E-state index contributed by atoms with van der Waals surface area (Å²) >= 11 is 0. The molecule has 1 unspecified atom stereocenters. The first-order chi connectivity index (χ1) is 7.85. The molecule has 0 amide bonds. The number of hydrogen-bond acceptors (Lipinski definition) is 3. The summed E-state index contributed by atoms with van der Waals surface area (Å²) in [6.07, 6.45) is 9.02. The van der Waals surface area contributed by atoms with Crippen LogP contribution in [-0.4, -0.2) is 17.0 Å². The molecule has 0 aliphatic heterocycles. The van der Waals surface area contributed by atoms with Gasteiger partial charge in [-0.15, -0.1) is 0 Å². The number of fused-ring (bicyclic) bond motifs is 1. The molecule has 1 heterocycles. The predicted octanol–water partition coefficient (Wildman–Crippen LogP) is 2.42. The van der Waals surface area contributed by atoms with Crippen LogP contribution in [0.25, 0.3) is 0 Å². The van der Waals surface area contributed by atoms with Crippen molar-refractivity contribution in [2.24, 2.45) is 0 Å². The number of nitrogens with zero attached hydrogens (tertiary/aromatic N) is 2. The average molecular weight is 219 g/mol. The first kappa shape index (κ1) is 11.5. The Morgan fingerprint density at radius 1 is 1.44 bits per heavy atom. The second-order valence-electron chi connectivity index (χ2n) is 4.53. The van der Waals surface area contributed by atoms with Gasteiger partial charge >= 0.3 is 0 Å². The minimum atomic E-state index is 0.452. The van der Waals surface area contributed by atoms with E-state index in [2.05, 4.69) is 17.2 Å². The van der Waals surface area contributed by atoms with E-state index in [-0.39, 0.29) is 0 Å². The topological polar surface area (TPSA) is 37.8 Å². The molecule has 0 radical (unpaired) electrons. The van der Waals surface area contributed by atoms with Gasteiger partial charge in [0.25, 0.3) is 0 Å². The Morgan fingerprint density at radius 2 is 2.31 bits per heavy atom. The van der Waals surface area contributed by atoms with Gasteiger partial charge in [-0.1, -0.05) is 13.3 Å². The largest absolute Gasteiger partial charge is 0.313 e. The van der Waals surface area contributed by atoms with Crippen LogP contribution in [0.4, 0.5) is 0 Å². The Labute approximate surface area is 97.7 Å². The quantitative estimate of drug-likeness (QED) is 0.793. The van der Waals surface area contributed by atoms with E-state index >= 15 is 0 Å². The lowest BCUT2D eigenvalue weighted by Crippen LogP contribution is -2.18. The van der Waals surface area contributed by atoms with Gasteiger partial charge in [0.1, 0.15) is 5.82 Å². The van der Waals surface area contributed by atoms with Crippen LogP contribution >= 0.6 is 0 Å². The Kier molecular flexibility index (Phi) is 3.88. The molecule has 16 heavy (non-hydrogen) atoms. The molecule has 0 spiro atoms. The Hall–Kier alpha value is -0.960. The van der Waals surface area contributed by atoms with Crippen LogP contribution in [0.5, 0.6) is 0 Å². The standard InChI is InChI=1S/C13H21N3/c1-3-6-13-15-9-10-11(14-2)7-4-5-8-12(10)16-13/h9,11,14H,3-8H2,1-2H3. The molecule has 0 saturated heterocycles. The third-order valence-electron chi connectivity index (χ3n) is 3.30. The second-order valence-corrected chi connectivity index (χ2v) is 4.53. The second kappa shape index (κ2) is 5.39. The maximum absolute atomic E-state index is 4.71. The molecule has 0 saturated carbocycles. The molecule has 1 atom stereocenters. The van der Waals surface area contributed by atoms with Crippen molar-refractivity contribution >= 4 is 0 Å². The first-order valence-corrected chi connectivity index (χ1v) is 6.37. The summed E-state index contributed by atoms with van der Waals surface area (Å²) in [5.74, 6) is 1.01. The van der Waals surface area contributed by atoms with Crippen LogP contribution in [0.1, 0.15) is 55.7 Å². The SMILES string of the molecule is CCCc1ncc2c(n1)CCCCC2NC. The first-order valence-electron chi connectivity index (χ1n) is 6.37. The zero-order valence-electron chi connectivity index (χ0n) is 10.3. The van der Waals surface area contributed by atoms with Crippen molar-refractivity contribution in [2.75, 3.05) is 7.05 Å². The number of aryl methyl sites for hydroxylation is 2. The normalized spacial score (nSPS) is 20.2. The summed E-state index contributed by atoms with van der Waals surface area (Å²) in [6.45, 7) is 2.17. The van der Waals surface area contributed by atoms with Crippen LogP contribution in [0.2, 0.25) is 0 Å². The molecule has 88 valence electrons. The number of hydrogen-bond donors (Lipinski definition) is 1. The molecule has 2 rings (SSSR count). The summed E-state index contributed by atoms with van der Waals surface area (Å²) < 4.78 is 0. The Morgan fingerprint density at radius 3 is 3.06 bits per heavy atom. The van der Waals surface area contributed by atoms with E-state index in [9.17, 15) is 0 Å². The Balaban J connectivity index is 2.29. The number of aromatic nitrogens is 2. The van der Waals surface area contributed by atoms with E-state index in [1.54, 1.807) is 0 Å². The van der Waals surface area contributed by atoms with Crippen molar-refractivity contribution in [3.63, 3.8) is 0 Å². The molecule has 3 nitrogen and oxygen atoms in total. The van der Waals surface area contributed by atoms with E-state index in [4.69, 9.17) is 4.98 Å². The summed E-state index contributed by atoms with van der Waals surface area (Å²) in [7, 11) is 2.03. The van der Waals surface area contributed by atoms with Crippen LogP contribution in [0.3, 0.4) is 0 Å². The smallest absolute Gasteiger partial charge is 0.128 e.